The minimum atomic E-state index is 0.135. The Labute approximate surface area is 122 Å². The molecule has 0 aromatic carbocycles. The van der Waals surface area contributed by atoms with E-state index in [0.717, 1.165) is 24.1 Å². The number of aryl methyl sites for hydroxylation is 1. The fourth-order valence-corrected chi connectivity index (χ4v) is 2.84. The average molecular weight is 277 g/mol. The third kappa shape index (κ3) is 4.36. The minimum Gasteiger partial charge on any atom is -0.475 e. The van der Waals surface area contributed by atoms with Crippen molar-refractivity contribution in [1.82, 2.24) is 9.97 Å². The van der Waals surface area contributed by atoms with Gasteiger partial charge < -0.3 is 10.1 Å². The van der Waals surface area contributed by atoms with Crippen molar-refractivity contribution < 1.29 is 4.74 Å². The van der Waals surface area contributed by atoms with Gasteiger partial charge in [0.25, 0.3) is 0 Å². The van der Waals surface area contributed by atoms with Gasteiger partial charge in [-0.3, -0.25) is 0 Å². The van der Waals surface area contributed by atoms with Gasteiger partial charge in [0, 0.05) is 18.3 Å². The molecule has 1 saturated carbocycles. The molecular weight excluding hydrogens is 250 g/mol. The fraction of sp³-hybridized carbons (Fsp3) is 0.750. The number of aromatic nitrogens is 2. The van der Waals surface area contributed by atoms with E-state index >= 15 is 0 Å². The van der Waals surface area contributed by atoms with Crippen molar-refractivity contribution in [1.29, 1.82) is 0 Å². The third-order valence-electron chi connectivity index (χ3n) is 4.00. The lowest BCUT2D eigenvalue weighted by Crippen LogP contribution is -2.25. The summed E-state index contributed by atoms with van der Waals surface area (Å²) in [6.45, 7) is 9.31. The molecule has 2 rings (SSSR count). The molecule has 4 nitrogen and oxygen atoms in total. The highest BCUT2D eigenvalue weighted by Crippen LogP contribution is 2.29. The van der Waals surface area contributed by atoms with Gasteiger partial charge in [-0.15, -0.1) is 0 Å². The second kappa shape index (κ2) is 6.91. The Morgan fingerprint density at radius 2 is 2.05 bits per heavy atom. The molecular formula is C16H27N3O. The maximum Gasteiger partial charge on any atom is 0.226 e. The molecule has 1 aliphatic rings. The van der Waals surface area contributed by atoms with E-state index < -0.39 is 0 Å². The van der Waals surface area contributed by atoms with Crippen molar-refractivity contribution in [3.05, 3.63) is 11.8 Å². The molecule has 1 N–H and O–H groups in total. The maximum atomic E-state index is 5.66. The smallest absolute Gasteiger partial charge is 0.226 e. The van der Waals surface area contributed by atoms with Crippen LogP contribution in [0.4, 0.5) is 5.95 Å². The van der Waals surface area contributed by atoms with Crippen LogP contribution in [0.3, 0.4) is 0 Å². The zero-order valence-corrected chi connectivity index (χ0v) is 13.1. The Hall–Kier alpha value is -1.32. The number of hydrogen-bond acceptors (Lipinski definition) is 4. The molecule has 2 atom stereocenters. The molecule has 0 spiro atoms. The Kier molecular flexibility index (Phi) is 5.21. The Bertz CT molecular complexity index is 434. The van der Waals surface area contributed by atoms with Gasteiger partial charge in [-0.05, 0) is 39.0 Å². The summed E-state index contributed by atoms with van der Waals surface area (Å²) in [6, 6.07) is 1.88. The molecule has 0 aliphatic heterocycles. The Morgan fingerprint density at radius 3 is 2.75 bits per heavy atom. The van der Waals surface area contributed by atoms with Crippen LogP contribution in [0.1, 0.15) is 52.1 Å². The molecule has 20 heavy (non-hydrogen) atoms. The number of nitrogens with zero attached hydrogens (tertiary/aromatic N) is 2. The number of nitrogens with one attached hydrogen (secondary N) is 1. The van der Waals surface area contributed by atoms with E-state index in [1.807, 2.05) is 26.8 Å². The summed E-state index contributed by atoms with van der Waals surface area (Å²) in [7, 11) is 0. The average Bonchev–Trinajstić information content (AvgIpc) is 2.36. The topological polar surface area (TPSA) is 47.0 Å². The van der Waals surface area contributed by atoms with Gasteiger partial charge >= 0.3 is 0 Å². The normalized spacial score (nSPS) is 22.9. The van der Waals surface area contributed by atoms with Crippen LogP contribution in [-0.2, 0) is 0 Å². The summed E-state index contributed by atoms with van der Waals surface area (Å²) in [4.78, 5) is 8.89. The zero-order valence-electron chi connectivity index (χ0n) is 13.1. The summed E-state index contributed by atoms with van der Waals surface area (Å²) in [6.07, 6.45) is 5.53. The molecule has 1 aromatic heterocycles. The van der Waals surface area contributed by atoms with E-state index in [1.165, 1.54) is 25.7 Å². The lowest BCUT2D eigenvalue weighted by Gasteiger charge is -2.28. The van der Waals surface area contributed by atoms with Crippen molar-refractivity contribution in [3.63, 3.8) is 0 Å². The first-order valence-corrected chi connectivity index (χ1v) is 7.81. The van der Waals surface area contributed by atoms with Gasteiger partial charge in [-0.25, -0.2) is 4.98 Å². The second-order valence-corrected chi connectivity index (χ2v) is 6.24. The first-order chi connectivity index (χ1) is 9.54. The standard InChI is InChI=1S/C16H27N3O/c1-11(2)20-15-9-13(4)18-16(19-15)17-10-14-8-6-5-7-12(14)3/h9,11-12,14H,5-8,10H2,1-4H3,(H,17,18,19). The SMILES string of the molecule is Cc1cc(OC(C)C)nc(NCC2CCCCC2C)n1. The molecule has 1 aromatic rings. The van der Waals surface area contributed by atoms with Gasteiger partial charge in [0.15, 0.2) is 0 Å². The van der Waals surface area contributed by atoms with Crippen LogP contribution in [0.15, 0.2) is 6.07 Å². The fourth-order valence-electron chi connectivity index (χ4n) is 2.84. The van der Waals surface area contributed by atoms with Gasteiger partial charge in [-0.1, -0.05) is 26.2 Å². The minimum absolute atomic E-state index is 0.135. The van der Waals surface area contributed by atoms with Crippen molar-refractivity contribution in [2.75, 3.05) is 11.9 Å². The van der Waals surface area contributed by atoms with Crippen molar-refractivity contribution in [3.8, 4) is 5.88 Å². The Morgan fingerprint density at radius 1 is 1.30 bits per heavy atom. The molecule has 1 fully saturated rings. The molecule has 0 bridgehead atoms. The summed E-state index contributed by atoms with van der Waals surface area (Å²) >= 11 is 0. The van der Waals surface area contributed by atoms with Crippen LogP contribution in [0.25, 0.3) is 0 Å². The van der Waals surface area contributed by atoms with Crippen LogP contribution < -0.4 is 10.1 Å². The van der Waals surface area contributed by atoms with E-state index in [4.69, 9.17) is 4.74 Å². The van der Waals surface area contributed by atoms with E-state index in [2.05, 4.69) is 22.2 Å². The molecule has 0 radical (unpaired) electrons. The predicted molar refractivity (Wildman–Crippen MR) is 82.1 cm³/mol. The predicted octanol–water partition coefficient (Wildman–Crippen LogP) is 3.81. The molecule has 1 heterocycles. The first-order valence-electron chi connectivity index (χ1n) is 7.81. The molecule has 112 valence electrons. The Balaban J connectivity index is 1.96. The number of anilines is 1. The van der Waals surface area contributed by atoms with Crippen LogP contribution in [0.2, 0.25) is 0 Å². The quantitative estimate of drug-likeness (QED) is 0.889. The summed E-state index contributed by atoms with van der Waals surface area (Å²) in [5, 5.41) is 3.40. The number of hydrogen-bond donors (Lipinski definition) is 1. The zero-order chi connectivity index (χ0) is 14.5. The lowest BCUT2D eigenvalue weighted by atomic mass is 9.80. The summed E-state index contributed by atoms with van der Waals surface area (Å²) in [5.74, 6) is 2.89. The third-order valence-corrected chi connectivity index (χ3v) is 4.00. The van der Waals surface area contributed by atoms with Crippen LogP contribution in [0, 0.1) is 18.8 Å². The lowest BCUT2D eigenvalue weighted by molar-refractivity contribution is 0.232. The van der Waals surface area contributed by atoms with Gasteiger partial charge in [-0.2, -0.15) is 4.98 Å². The van der Waals surface area contributed by atoms with Gasteiger partial charge in [0.05, 0.1) is 6.10 Å². The van der Waals surface area contributed by atoms with Crippen LogP contribution in [-0.4, -0.2) is 22.6 Å². The molecule has 4 heteroatoms. The highest BCUT2D eigenvalue weighted by molar-refractivity contribution is 5.30. The van der Waals surface area contributed by atoms with E-state index in [-0.39, 0.29) is 6.10 Å². The number of rotatable bonds is 5. The number of ether oxygens (including phenoxy) is 1. The molecule has 1 aliphatic carbocycles. The van der Waals surface area contributed by atoms with Gasteiger partial charge in [0.1, 0.15) is 0 Å². The van der Waals surface area contributed by atoms with E-state index in [0.29, 0.717) is 11.8 Å². The van der Waals surface area contributed by atoms with E-state index in [1.54, 1.807) is 0 Å². The maximum absolute atomic E-state index is 5.66. The van der Waals surface area contributed by atoms with Crippen LogP contribution in [0.5, 0.6) is 5.88 Å². The molecule has 0 saturated heterocycles. The van der Waals surface area contributed by atoms with Crippen LogP contribution >= 0.6 is 0 Å². The first kappa shape index (κ1) is 15.1. The largest absolute Gasteiger partial charge is 0.475 e. The van der Waals surface area contributed by atoms with Crippen molar-refractivity contribution in [2.24, 2.45) is 11.8 Å². The van der Waals surface area contributed by atoms with Crippen molar-refractivity contribution in [2.45, 2.75) is 59.5 Å². The second-order valence-electron chi connectivity index (χ2n) is 6.24. The van der Waals surface area contributed by atoms with E-state index in [9.17, 15) is 0 Å². The molecule has 0 amide bonds. The monoisotopic (exact) mass is 277 g/mol. The summed E-state index contributed by atoms with van der Waals surface area (Å²) < 4.78 is 5.66. The highest BCUT2D eigenvalue weighted by atomic mass is 16.5. The highest BCUT2D eigenvalue weighted by Gasteiger charge is 2.21. The van der Waals surface area contributed by atoms with Crippen molar-refractivity contribution >= 4 is 5.95 Å². The summed E-state index contributed by atoms with van der Waals surface area (Å²) in [5.41, 5.74) is 0.940. The van der Waals surface area contributed by atoms with Gasteiger partial charge in [0.2, 0.25) is 11.8 Å². The molecule has 2 unspecified atom stereocenters.